The molecule has 1 aliphatic rings. The van der Waals surface area contributed by atoms with Crippen LogP contribution in [-0.2, 0) is 28.1 Å². The van der Waals surface area contributed by atoms with Crippen LogP contribution in [0.4, 0.5) is 0 Å². The minimum Gasteiger partial charge on any atom is -0.342 e. The van der Waals surface area contributed by atoms with Gasteiger partial charge in [0.15, 0.2) is 9.84 Å². The summed E-state index contributed by atoms with van der Waals surface area (Å²) in [4.78, 5) is 27.9. The normalized spacial score (nSPS) is 16.7. The summed E-state index contributed by atoms with van der Waals surface area (Å²) in [5, 5.41) is 4.01. The number of para-hydroxylation sites is 1. The Morgan fingerprint density at radius 1 is 1.09 bits per heavy atom. The topological polar surface area (TPSA) is 94.3 Å². The summed E-state index contributed by atoms with van der Waals surface area (Å²) in [6, 6.07) is 16.0. The number of piperidine rings is 1. The predicted octanol–water partition coefficient (Wildman–Crippen LogP) is 2.70. The summed E-state index contributed by atoms with van der Waals surface area (Å²) in [6.07, 6.45) is 1.86. The van der Waals surface area contributed by atoms with E-state index in [1.165, 1.54) is 4.68 Å². The molecule has 0 bridgehead atoms. The number of carbonyl (C=O) groups excluding carboxylic acids is 1. The first kappa shape index (κ1) is 23.9. The van der Waals surface area contributed by atoms with Gasteiger partial charge in [0.05, 0.1) is 22.3 Å². The molecule has 1 aromatic heterocycles. The second kappa shape index (κ2) is 9.58. The molecular formula is C25H30N4O4S. The van der Waals surface area contributed by atoms with Gasteiger partial charge in [-0.05, 0) is 56.5 Å². The largest absolute Gasteiger partial charge is 0.350 e. The number of sulfone groups is 1. The fourth-order valence-electron chi connectivity index (χ4n) is 4.34. The van der Waals surface area contributed by atoms with E-state index in [1.54, 1.807) is 49.7 Å². The van der Waals surface area contributed by atoms with Crippen molar-refractivity contribution in [1.82, 2.24) is 19.2 Å². The van der Waals surface area contributed by atoms with Gasteiger partial charge in [0.25, 0.3) is 0 Å². The Balaban J connectivity index is 1.51. The third-order valence-corrected chi connectivity index (χ3v) is 8.50. The molecule has 0 saturated carbocycles. The zero-order chi connectivity index (χ0) is 24.5. The van der Waals surface area contributed by atoms with Crippen LogP contribution >= 0.6 is 0 Å². The third kappa shape index (κ3) is 4.70. The van der Waals surface area contributed by atoms with E-state index in [1.807, 2.05) is 35.2 Å². The highest BCUT2D eigenvalue weighted by Crippen LogP contribution is 2.27. The molecule has 0 spiro atoms. The average Bonchev–Trinajstić information content (AvgIpc) is 3.14. The zero-order valence-electron chi connectivity index (χ0n) is 19.7. The monoisotopic (exact) mass is 482 g/mol. The van der Waals surface area contributed by atoms with Crippen LogP contribution in [0.1, 0.15) is 44.0 Å². The van der Waals surface area contributed by atoms with Crippen LogP contribution in [0.5, 0.6) is 0 Å². The molecule has 0 radical (unpaired) electrons. The number of aryl methyl sites for hydroxylation is 1. The molecule has 0 N–H and O–H groups in total. The van der Waals surface area contributed by atoms with Crippen molar-refractivity contribution in [3.63, 3.8) is 0 Å². The predicted molar refractivity (Wildman–Crippen MR) is 130 cm³/mol. The molecule has 1 atom stereocenters. The Labute approximate surface area is 199 Å². The number of carbonyl (C=O) groups is 1. The minimum absolute atomic E-state index is 0.0197. The number of benzene rings is 2. The molecule has 34 heavy (non-hydrogen) atoms. The van der Waals surface area contributed by atoms with E-state index < -0.39 is 15.1 Å². The Kier molecular flexibility index (Phi) is 6.74. The first-order valence-corrected chi connectivity index (χ1v) is 13.0. The number of hydrogen-bond acceptors (Lipinski definition) is 5. The number of hydrogen-bond donors (Lipinski definition) is 0. The number of likely N-dealkylation sites (tertiary alicyclic amines) is 1. The van der Waals surface area contributed by atoms with Crippen LogP contribution in [0.15, 0.2) is 64.3 Å². The van der Waals surface area contributed by atoms with Crippen LogP contribution in [0.2, 0.25) is 0 Å². The molecule has 8 nitrogen and oxygen atoms in total. The van der Waals surface area contributed by atoms with Crippen LogP contribution in [0.3, 0.4) is 0 Å². The Bertz CT molecular complexity index is 1330. The molecule has 2 aromatic carbocycles. The summed E-state index contributed by atoms with van der Waals surface area (Å²) >= 11 is 0. The fraction of sp³-hybridized carbons (Fsp3) is 0.400. The van der Waals surface area contributed by atoms with Gasteiger partial charge in [-0.15, -0.1) is 0 Å². The number of aromatic nitrogens is 3. The maximum absolute atomic E-state index is 13.1. The van der Waals surface area contributed by atoms with E-state index in [4.69, 9.17) is 0 Å². The van der Waals surface area contributed by atoms with Crippen molar-refractivity contribution in [2.45, 2.75) is 49.2 Å². The van der Waals surface area contributed by atoms with Crippen LogP contribution in [-0.4, -0.2) is 51.9 Å². The van der Waals surface area contributed by atoms with Crippen molar-refractivity contribution < 1.29 is 13.2 Å². The molecule has 1 unspecified atom stereocenters. The van der Waals surface area contributed by atoms with Crippen LogP contribution in [0, 0.1) is 0 Å². The Hall–Kier alpha value is -3.20. The van der Waals surface area contributed by atoms with Crippen molar-refractivity contribution in [1.29, 1.82) is 0 Å². The fourth-order valence-corrected chi connectivity index (χ4v) is 5.40. The highest BCUT2D eigenvalue weighted by molar-refractivity contribution is 7.92. The van der Waals surface area contributed by atoms with Crippen molar-refractivity contribution in [3.8, 4) is 5.69 Å². The van der Waals surface area contributed by atoms with Gasteiger partial charge < -0.3 is 4.90 Å². The first-order valence-electron chi connectivity index (χ1n) is 11.5. The van der Waals surface area contributed by atoms with Crippen LogP contribution in [0.25, 0.3) is 5.69 Å². The maximum Gasteiger partial charge on any atom is 0.350 e. The molecule has 1 fully saturated rings. The van der Waals surface area contributed by atoms with E-state index in [9.17, 15) is 18.0 Å². The van der Waals surface area contributed by atoms with Gasteiger partial charge >= 0.3 is 5.69 Å². The number of rotatable bonds is 6. The van der Waals surface area contributed by atoms with Gasteiger partial charge in [0.1, 0.15) is 5.82 Å². The molecule has 1 saturated heterocycles. The van der Waals surface area contributed by atoms with Crippen molar-refractivity contribution in [2.75, 3.05) is 13.1 Å². The summed E-state index contributed by atoms with van der Waals surface area (Å²) in [5.41, 5.74) is 1.32. The van der Waals surface area contributed by atoms with E-state index in [0.717, 1.165) is 24.1 Å². The average molecular weight is 483 g/mol. The zero-order valence-corrected chi connectivity index (χ0v) is 20.5. The van der Waals surface area contributed by atoms with E-state index in [-0.39, 0.29) is 28.8 Å². The standard InChI is InChI=1S/C25H30N4O4S/c1-18(2)34(32,33)22-13-11-19(12-14-22)16-23(30)28-15-7-8-20(17-28)24-26-27(3)25(31)29(24)21-9-5-4-6-10-21/h4-6,9-14,18,20H,7-8,15-17H2,1-3H3. The third-order valence-electron chi connectivity index (χ3n) is 6.33. The molecule has 180 valence electrons. The van der Waals surface area contributed by atoms with Crippen LogP contribution < -0.4 is 5.69 Å². The maximum atomic E-state index is 13.1. The molecular weight excluding hydrogens is 452 g/mol. The lowest BCUT2D eigenvalue weighted by Gasteiger charge is -2.32. The summed E-state index contributed by atoms with van der Waals surface area (Å²) in [6.45, 7) is 4.44. The van der Waals surface area contributed by atoms with Crippen molar-refractivity contribution in [3.05, 3.63) is 76.5 Å². The molecule has 2 heterocycles. The highest BCUT2D eigenvalue weighted by atomic mass is 32.2. The molecule has 4 rings (SSSR count). The number of nitrogens with zero attached hydrogens (tertiary/aromatic N) is 4. The smallest absolute Gasteiger partial charge is 0.342 e. The van der Waals surface area contributed by atoms with E-state index >= 15 is 0 Å². The van der Waals surface area contributed by atoms with E-state index in [0.29, 0.717) is 18.9 Å². The molecule has 1 aliphatic heterocycles. The summed E-state index contributed by atoms with van der Waals surface area (Å²) in [7, 11) is -1.70. The van der Waals surface area contributed by atoms with Gasteiger partial charge in [0.2, 0.25) is 5.91 Å². The van der Waals surface area contributed by atoms with Gasteiger partial charge in [-0.2, -0.15) is 5.10 Å². The number of amides is 1. The van der Waals surface area contributed by atoms with Gasteiger partial charge in [-0.25, -0.2) is 22.5 Å². The van der Waals surface area contributed by atoms with Crippen molar-refractivity contribution in [2.24, 2.45) is 7.05 Å². The SMILES string of the molecule is CC(C)S(=O)(=O)c1ccc(CC(=O)N2CCCC(c3nn(C)c(=O)n3-c3ccccc3)C2)cc1. The lowest BCUT2D eigenvalue weighted by molar-refractivity contribution is -0.131. The molecule has 1 amide bonds. The molecule has 3 aromatic rings. The van der Waals surface area contributed by atoms with Gasteiger partial charge in [-0.1, -0.05) is 30.3 Å². The van der Waals surface area contributed by atoms with Crippen molar-refractivity contribution >= 4 is 15.7 Å². The summed E-state index contributed by atoms with van der Waals surface area (Å²) in [5.74, 6) is 0.596. The Morgan fingerprint density at radius 3 is 2.41 bits per heavy atom. The summed E-state index contributed by atoms with van der Waals surface area (Å²) < 4.78 is 27.6. The lowest BCUT2D eigenvalue weighted by atomic mass is 9.96. The lowest BCUT2D eigenvalue weighted by Crippen LogP contribution is -2.40. The van der Waals surface area contributed by atoms with Gasteiger partial charge in [-0.3, -0.25) is 4.79 Å². The highest BCUT2D eigenvalue weighted by Gasteiger charge is 2.30. The second-order valence-electron chi connectivity index (χ2n) is 9.03. The van der Waals surface area contributed by atoms with Gasteiger partial charge in [0, 0.05) is 26.1 Å². The second-order valence-corrected chi connectivity index (χ2v) is 11.5. The Morgan fingerprint density at radius 2 is 1.76 bits per heavy atom. The first-order chi connectivity index (χ1) is 16.2. The quantitative estimate of drug-likeness (QED) is 0.539. The minimum atomic E-state index is -3.34. The molecule has 9 heteroatoms. The van der Waals surface area contributed by atoms with E-state index in [2.05, 4.69) is 5.10 Å². The molecule has 0 aliphatic carbocycles.